The molecule has 2 aromatic heterocycles. The number of nitrogens with one attached hydrogen (secondary N) is 2. The van der Waals surface area contributed by atoms with Crippen molar-refractivity contribution in [2.45, 2.75) is 19.6 Å². The molecule has 3 rings (SSSR count). The van der Waals surface area contributed by atoms with E-state index in [4.69, 9.17) is 9.52 Å². The number of para-hydroxylation sites is 1. The Morgan fingerprint density at radius 2 is 1.95 bits per heavy atom. The lowest BCUT2D eigenvalue weighted by molar-refractivity contribution is 0.243. The molecule has 4 heteroatoms. The molecule has 1 aromatic carbocycles. The maximum absolute atomic E-state index is 8.93. The summed E-state index contributed by atoms with van der Waals surface area (Å²) in [6.45, 7) is 1.52. The predicted octanol–water partition coefficient (Wildman–Crippen LogP) is 2.59. The molecular formula is C16H18N2O2. The van der Waals surface area contributed by atoms with Crippen LogP contribution >= 0.6 is 0 Å². The molecule has 2 heterocycles. The third-order valence-corrected chi connectivity index (χ3v) is 3.42. The monoisotopic (exact) mass is 270 g/mol. The summed E-state index contributed by atoms with van der Waals surface area (Å²) in [7, 11) is 0. The molecule has 0 spiro atoms. The number of aromatic amines is 1. The minimum absolute atomic E-state index is 0.0463. The van der Waals surface area contributed by atoms with E-state index >= 15 is 0 Å². The highest BCUT2D eigenvalue weighted by molar-refractivity contribution is 5.83. The molecule has 0 bridgehead atoms. The van der Waals surface area contributed by atoms with Crippen molar-refractivity contribution in [3.8, 4) is 0 Å². The van der Waals surface area contributed by atoms with Crippen LogP contribution in [0.3, 0.4) is 0 Å². The lowest BCUT2D eigenvalue weighted by Crippen LogP contribution is -2.16. The Bertz CT molecular complexity index is 684. The van der Waals surface area contributed by atoms with Gasteiger partial charge >= 0.3 is 0 Å². The van der Waals surface area contributed by atoms with Crippen molar-refractivity contribution in [3.63, 3.8) is 0 Å². The number of hydrogen-bond donors (Lipinski definition) is 3. The molecular weight excluding hydrogens is 252 g/mol. The van der Waals surface area contributed by atoms with Crippen LogP contribution in [0, 0.1) is 0 Å². The molecule has 0 amide bonds. The van der Waals surface area contributed by atoms with Crippen LogP contribution in [0.25, 0.3) is 10.9 Å². The van der Waals surface area contributed by atoms with Gasteiger partial charge in [0.05, 0.1) is 6.54 Å². The van der Waals surface area contributed by atoms with Crippen LogP contribution in [0.4, 0.5) is 0 Å². The smallest absolute Gasteiger partial charge is 0.129 e. The first-order chi connectivity index (χ1) is 9.86. The summed E-state index contributed by atoms with van der Waals surface area (Å²) in [4.78, 5) is 3.28. The van der Waals surface area contributed by atoms with Gasteiger partial charge in [0.25, 0.3) is 0 Å². The Morgan fingerprint density at radius 3 is 2.80 bits per heavy atom. The van der Waals surface area contributed by atoms with E-state index in [0.717, 1.165) is 18.7 Å². The minimum atomic E-state index is -0.0463. The van der Waals surface area contributed by atoms with Gasteiger partial charge in [-0.1, -0.05) is 18.2 Å². The van der Waals surface area contributed by atoms with Gasteiger partial charge in [-0.2, -0.15) is 0 Å². The van der Waals surface area contributed by atoms with E-state index in [-0.39, 0.29) is 6.61 Å². The summed E-state index contributed by atoms with van der Waals surface area (Å²) in [6, 6.07) is 12.0. The molecule has 20 heavy (non-hydrogen) atoms. The van der Waals surface area contributed by atoms with Gasteiger partial charge in [-0.15, -0.1) is 0 Å². The molecule has 0 unspecified atom stereocenters. The van der Waals surface area contributed by atoms with Crippen LogP contribution < -0.4 is 5.32 Å². The quantitative estimate of drug-likeness (QED) is 0.603. The van der Waals surface area contributed by atoms with E-state index < -0.39 is 0 Å². The Morgan fingerprint density at radius 1 is 1.10 bits per heavy atom. The standard InChI is InChI=1S/C16H18N2O2/c19-11-14-6-5-13(20-14)10-17-8-7-12-9-18-16-4-2-1-3-15(12)16/h1-6,9,17-19H,7-8,10-11H2. The van der Waals surface area contributed by atoms with Crippen LogP contribution in [0.15, 0.2) is 47.0 Å². The fourth-order valence-corrected chi connectivity index (χ4v) is 2.38. The van der Waals surface area contributed by atoms with Gasteiger partial charge in [0.1, 0.15) is 18.1 Å². The predicted molar refractivity (Wildman–Crippen MR) is 78.3 cm³/mol. The van der Waals surface area contributed by atoms with Gasteiger partial charge < -0.3 is 19.8 Å². The average molecular weight is 270 g/mol. The van der Waals surface area contributed by atoms with E-state index in [9.17, 15) is 0 Å². The van der Waals surface area contributed by atoms with Crippen molar-refractivity contribution in [1.29, 1.82) is 0 Å². The molecule has 3 aromatic rings. The highest BCUT2D eigenvalue weighted by Crippen LogP contribution is 2.17. The summed E-state index contributed by atoms with van der Waals surface area (Å²) < 4.78 is 5.42. The first kappa shape index (κ1) is 13.0. The molecule has 0 aliphatic rings. The molecule has 3 N–H and O–H groups in total. The second kappa shape index (κ2) is 5.94. The lowest BCUT2D eigenvalue weighted by atomic mass is 10.1. The third kappa shape index (κ3) is 2.76. The number of aliphatic hydroxyl groups excluding tert-OH is 1. The molecule has 0 atom stereocenters. The SMILES string of the molecule is OCc1ccc(CNCCc2c[nH]c3ccccc23)o1. The normalized spacial score (nSPS) is 11.2. The van der Waals surface area contributed by atoms with Gasteiger partial charge in [0, 0.05) is 17.1 Å². The van der Waals surface area contributed by atoms with Gasteiger partial charge in [-0.05, 0) is 36.7 Å². The Kier molecular flexibility index (Phi) is 3.85. The zero-order valence-electron chi connectivity index (χ0n) is 11.2. The summed E-state index contributed by atoms with van der Waals surface area (Å²) in [5.74, 6) is 1.46. The minimum Gasteiger partial charge on any atom is -0.462 e. The Balaban J connectivity index is 1.52. The Labute approximate surface area is 117 Å². The first-order valence-electron chi connectivity index (χ1n) is 6.81. The summed E-state index contributed by atoms with van der Waals surface area (Å²) in [5, 5.41) is 13.6. The highest BCUT2D eigenvalue weighted by Gasteiger charge is 2.03. The van der Waals surface area contributed by atoms with Crippen molar-refractivity contribution >= 4 is 10.9 Å². The van der Waals surface area contributed by atoms with Gasteiger partial charge in [-0.25, -0.2) is 0 Å². The van der Waals surface area contributed by atoms with Crippen LogP contribution in [0.2, 0.25) is 0 Å². The molecule has 0 saturated heterocycles. The van der Waals surface area contributed by atoms with Crippen LogP contribution in [0.1, 0.15) is 17.1 Å². The molecule has 0 radical (unpaired) electrons. The second-order valence-corrected chi connectivity index (χ2v) is 4.81. The van der Waals surface area contributed by atoms with E-state index in [1.54, 1.807) is 6.07 Å². The van der Waals surface area contributed by atoms with Gasteiger partial charge in [0.2, 0.25) is 0 Å². The van der Waals surface area contributed by atoms with Gasteiger partial charge in [0.15, 0.2) is 0 Å². The number of aliphatic hydroxyl groups is 1. The van der Waals surface area contributed by atoms with E-state index in [1.165, 1.54) is 16.5 Å². The third-order valence-electron chi connectivity index (χ3n) is 3.42. The molecule has 0 fully saturated rings. The molecule has 4 nitrogen and oxygen atoms in total. The van der Waals surface area contributed by atoms with Crippen molar-refractivity contribution in [1.82, 2.24) is 10.3 Å². The Hall–Kier alpha value is -2.04. The van der Waals surface area contributed by atoms with Crippen LogP contribution in [0.5, 0.6) is 0 Å². The van der Waals surface area contributed by atoms with Crippen LogP contribution in [-0.4, -0.2) is 16.6 Å². The number of rotatable bonds is 6. The number of fused-ring (bicyclic) bond motifs is 1. The fraction of sp³-hybridized carbons (Fsp3) is 0.250. The number of furan rings is 1. The first-order valence-corrected chi connectivity index (χ1v) is 6.81. The van der Waals surface area contributed by atoms with E-state index in [1.807, 2.05) is 12.1 Å². The van der Waals surface area contributed by atoms with E-state index in [2.05, 4.69) is 34.7 Å². The molecule has 0 saturated carbocycles. The van der Waals surface area contributed by atoms with Crippen molar-refractivity contribution in [3.05, 3.63) is 59.7 Å². The summed E-state index contributed by atoms with van der Waals surface area (Å²) in [6.07, 6.45) is 3.04. The average Bonchev–Trinajstić information content (AvgIpc) is 3.10. The van der Waals surface area contributed by atoms with Crippen LogP contribution in [-0.2, 0) is 19.6 Å². The number of H-pyrrole nitrogens is 1. The zero-order chi connectivity index (χ0) is 13.8. The van der Waals surface area contributed by atoms with Gasteiger partial charge in [-0.3, -0.25) is 0 Å². The maximum Gasteiger partial charge on any atom is 0.129 e. The number of benzene rings is 1. The largest absolute Gasteiger partial charge is 0.462 e. The van der Waals surface area contributed by atoms with Crippen molar-refractivity contribution in [2.75, 3.05) is 6.54 Å². The second-order valence-electron chi connectivity index (χ2n) is 4.81. The maximum atomic E-state index is 8.93. The fourth-order valence-electron chi connectivity index (χ4n) is 2.38. The number of hydrogen-bond acceptors (Lipinski definition) is 3. The van der Waals surface area contributed by atoms with Crippen molar-refractivity contribution in [2.24, 2.45) is 0 Å². The number of aromatic nitrogens is 1. The molecule has 0 aliphatic heterocycles. The van der Waals surface area contributed by atoms with Crippen molar-refractivity contribution < 1.29 is 9.52 Å². The van der Waals surface area contributed by atoms with E-state index in [0.29, 0.717) is 12.3 Å². The lowest BCUT2D eigenvalue weighted by Gasteiger charge is -2.02. The zero-order valence-corrected chi connectivity index (χ0v) is 11.2. The summed E-state index contributed by atoms with van der Waals surface area (Å²) >= 11 is 0. The summed E-state index contributed by atoms with van der Waals surface area (Å²) in [5.41, 5.74) is 2.50. The molecule has 104 valence electrons. The molecule has 0 aliphatic carbocycles. The highest BCUT2D eigenvalue weighted by atomic mass is 16.4. The topological polar surface area (TPSA) is 61.2 Å².